The molecule has 0 aliphatic carbocycles. The molecule has 4 aromatic rings. The lowest BCUT2D eigenvalue weighted by atomic mass is 10.1. The number of carbonyl (C=O) groups excluding carboxylic acids is 2. The van der Waals surface area contributed by atoms with Crippen molar-refractivity contribution in [3.05, 3.63) is 81.0 Å². The number of aromatic nitrogens is 3. The molecule has 2 aromatic heterocycles. The molecule has 0 aliphatic heterocycles. The van der Waals surface area contributed by atoms with E-state index in [1.807, 2.05) is 54.1 Å². The van der Waals surface area contributed by atoms with Gasteiger partial charge >= 0.3 is 0 Å². The average Bonchev–Trinajstić information content (AvgIpc) is 3.35. The summed E-state index contributed by atoms with van der Waals surface area (Å²) in [7, 11) is 0. The first kappa shape index (κ1) is 19.8. The number of benzene rings is 2. The minimum absolute atomic E-state index is 0.314. The lowest BCUT2D eigenvalue weighted by molar-refractivity contribution is 0.0849. The van der Waals surface area contributed by atoms with E-state index in [-0.39, 0.29) is 11.8 Å². The molecule has 2 aromatic carbocycles. The van der Waals surface area contributed by atoms with Gasteiger partial charge in [-0.05, 0) is 54.8 Å². The van der Waals surface area contributed by atoms with Gasteiger partial charge in [0.1, 0.15) is 5.52 Å². The van der Waals surface area contributed by atoms with E-state index in [0.717, 1.165) is 28.6 Å². The molecule has 0 saturated heterocycles. The number of hydrogen-bond donors (Lipinski definition) is 2. The fourth-order valence-corrected chi connectivity index (χ4v) is 4.21. The third-order valence-electron chi connectivity index (χ3n) is 4.82. The molecule has 0 radical (unpaired) electrons. The molecular formula is C22H21N5O2S. The fourth-order valence-electron chi connectivity index (χ4n) is 3.20. The normalized spacial score (nSPS) is 10.9. The quantitative estimate of drug-likeness (QED) is 0.485. The van der Waals surface area contributed by atoms with Gasteiger partial charge in [0.15, 0.2) is 0 Å². The zero-order valence-corrected chi connectivity index (χ0v) is 17.5. The molecule has 2 amide bonds. The molecule has 0 spiro atoms. The van der Waals surface area contributed by atoms with Crippen LogP contribution in [0.3, 0.4) is 0 Å². The summed E-state index contributed by atoms with van der Waals surface area (Å²) in [6.07, 6.45) is 0.882. The smallest absolute Gasteiger partial charge is 0.267 e. The second-order valence-electron chi connectivity index (χ2n) is 6.91. The van der Waals surface area contributed by atoms with Gasteiger partial charge in [-0.3, -0.25) is 20.4 Å². The number of para-hydroxylation sites is 1. The molecule has 2 heterocycles. The minimum Gasteiger partial charge on any atom is -0.267 e. The van der Waals surface area contributed by atoms with Crippen LogP contribution >= 0.6 is 11.3 Å². The number of hydrogen-bond acceptors (Lipinski definition) is 5. The van der Waals surface area contributed by atoms with Crippen LogP contribution < -0.4 is 10.9 Å². The molecule has 152 valence electrons. The summed E-state index contributed by atoms with van der Waals surface area (Å²) in [5.41, 5.74) is 9.30. The lowest BCUT2D eigenvalue weighted by Gasteiger charge is -2.07. The SMILES string of the molecule is CCc1sc(C(=O)NNC(=O)c2ccc(Cn3nnc4ccccc43)cc2)cc1C. The van der Waals surface area contributed by atoms with Crippen molar-refractivity contribution >= 4 is 34.2 Å². The number of aryl methyl sites for hydroxylation is 2. The van der Waals surface area contributed by atoms with Crippen molar-refractivity contribution in [2.24, 2.45) is 0 Å². The Morgan fingerprint density at radius 1 is 1.03 bits per heavy atom. The van der Waals surface area contributed by atoms with Crippen molar-refractivity contribution in [1.29, 1.82) is 0 Å². The van der Waals surface area contributed by atoms with E-state index in [1.165, 1.54) is 16.2 Å². The number of nitrogens with one attached hydrogen (secondary N) is 2. The van der Waals surface area contributed by atoms with Crippen LogP contribution in [0, 0.1) is 6.92 Å². The van der Waals surface area contributed by atoms with Gasteiger partial charge in [-0.1, -0.05) is 36.4 Å². The molecule has 0 fully saturated rings. The van der Waals surface area contributed by atoms with Gasteiger partial charge in [-0.2, -0.15) is 0 Å². The Labute approximate surface area is 177 Å². The van der Waals surface area contributed by atoms with Crippen molar-refractivity contribution in [2.75, 3.05) is 0 Å². The number of amides is 2. The third-order valence-corrected chi connectivity index (χ3v) is 6.20. The van der Waals surface area contributed by atoms with Gasteiger partial charge in [0.05, 0.1) is 16.9 Å². The van der Waals surface area contributed by atoms with Gasteiger partial charge in [0.25, 0.3) is 11.8 Å². The van der Waals surface area contributed by atoms with E-state index in [2.05, 4.69) is 28.1 Å². The van der Waals surface area contributed by atoms with E-state index in [1.54, 1.807) is 12.1 Å². The van der Waals surface area contributed by atoms with Crippen molar-refractivity contribution in [1.82, 2.24) is 25.8 Å². The first-order valence-electron chi connectivity index (χ1n) is 9.62. The Morgan fingerprint density at radius 2 is 1.77 bits per heavy atom. The van der Waals surface area contributed by atoms with Gasteiger partial charge in [-0.15, -0.1) is 16.4 Å². The standard InChI is InChI=1S/C22H21N5O2S/c1-3-19-14(2)12-20(30-19)22(29)25-24-21(28)16-10-8-15(9-11-16)13-27-18-7-5-4-6-17(18)23-26-27/h4-12H,3,13H2,1-2H3,(H,24,28)(H,25,29). The zero-order chi connectivity index (χ0) is 21.1. The number of carbonyl (C=O) groups is 2. The van der Waals surface area contributed by atoms with Gasteiger partial charge in [0, 0.05) is 10.4 Å². The van der Waals surface area contributed by atoms with Crippen molar-refractivity contribution < 1.29 is 9.59 Å². The third kappa shape index (κ3) is 4.08. The highest BCUT2D eigenvalue weighted by atomic mass is 32.1. The first-order valence-corrected chi connectivity index (χ1v) is 10.4. The monoisotopic (exact) mass is 419 g/mol. The molecular weight excluding hydrogens is 398 g/mol. The molecule has 7 nitrogen and oxygen atoms in total. The van der Waals surface area contributed by atoms with Gasteiger partial charge < -0.3 is 0 Å². The average molecular weight is 420 g/mol. The van der Waals surface area contributed by atoms with E-state index >= 15 is 0 Å². The molecule has 8 heteroatoms. The second kappa shape index (κ2) is 8.46. The zero-order valence-electron chi connectivity index (χ0n) is 16.7. The maximum Gasteiger partial charge on any atom is 0.279 e. The predicted molar refractivity (Wildman–Crippen MR) is 116 cm³/mol. The number of nitrogens with zero attached hydrogens (tertiary/aromatic N) is 3. The fraction of sp³-hybridized carbons (Fsp3) is 0.182. The molecule has 0 aliphatic rings. The van der Waals surface area contributed by atoms with E-state index in [0.29, 0.717) is 17.0 Å². The van der Waals surface area contributed by atoms with E-state index < -0.39 is 0 Å². The molecule has 4 rings (SSSR count). The molecule has 0 saturated carbocycles. The molecule has 0 atom stereocenters. The molecule has 2 N–H and O–H groups in total. The van der Waals surface area contributed by atoms with Crippen LogP contribution in [0.2, 0.25) is 0 Å². The number of hydrazine groups is 1. The summed E-state index contributed by atoms with van der Waals surface area (Å²) < 4.78 is 1.82. The summed E-state index contributed by atoms with van der Waals surface area (Å²) >= 11 is 1.44. The van der Waals surface area contributed by atoms with Crippen LogP contribution in [0.4, 0.5) is 0 Å². The second-order valence-corrected chi connectivity index (χ2v) is 8.05. The Bertz CT molecular complexity index is 1210. The van der Waals surface area contributed by atoms with Crippen LogP contribution in [-0.4, -0.2) is 26.8 Å². The molecule has 0 unspecified atom stereocenters. The maximum atomic E-state index is 12.4. The highest BCUT2D eigenvalue weighted by molar-refractivity contribution is 7.14. The Hall–Kier alpha value is -3.52. The van der Waals surface area contributed by atoms with Crippen molar-refractivity contribution in [3.8, 4) is 0 Å². The number of fused-ring (bicyclic) bond motifs is 1. The Balaban J connectivity index is 1.37. The Morgan fingerprint density at radius 3 is 2.50 bits per heavy atom. The summed E-state index contributed by atoms with van der Waals surface area (Å²) in [5.74, 6) is -0.684. The highest BCUT2D eigenvalue weighted by Gasteiger charge is 2.13. The topological polar surface area (TPSA) is 88.9 Å². The largest absolute Gasteiger partial charge is 0.279 e. The summed E-state index contributed by atoms with van der Waals surface area (Å²) in [6, 6.07) is 16.8. The highest BCUT2D eigenvalue weighted by Crippen LogP contribution is 2.22. The van der Waals surface area contributed by atoms with Crippen LogP contribution in [0.15, 0.2) is 54.6 Å². The van der Waals surface area contributed by atoms with E-state index in [4.69, 9.17) is 0 Å². The van der Waals surface area contributed by atoms with Gasteiger partial charge in [0.2, 0.25) is 0 Å². The summed E-state index contributed by atoms with van der Waals surface area (Å²) in [4.78, 5) is 26.4. The minimum atomic E-state index is -0.370. The van der Waals surface area contributed by atoms with Crippen molar-refractivity contribution in [3.63, 3.8) is 0 Å². The molecule has 30 heavy (non-hydrogen) atoms. The number of thiophene rings is 1. The van der Waals surface area contributed by atoms with E-state index in [9.17, 15) is 9.59 Å². The first-order chi connectivity index (χ1) is 14.5. The maximum absolute atomic E-state index is 12.4. The van der Waals surface area contributed by atoms with Crippen LogP contribution in [-0.2, 0) is 13.0 Å². The number of rotatable bonds is 5. The summed E-state index contributed by atoms with van der Waals surface area (Å²) in [5, 5.41) is 8.33. The van der Waals surface area contributed by atoms with Crippen LogP contribution in [0.1, 0.15) is 43.0 Å². The van der Waals surface area contributed by atoms with Gasteiger partial charge in [-0.25, -0.2) is 4.68 Å². The van der Waals surface area contributed by atoms with Crippen LogP contribution in [0.5, 0.6) is 0 Å². The summed E-state index contributed by atoms with van der Waals surface area (Å²) in [6.45, 7) is 4.59. The van der Waals surface area contributed by atoms with Crippen LogP contribution in [0.25, 0.3) is 11.0 Å². The Kier molecular flexibility index (Phi) is 5.58. The molecule has 0 bridgehead atoms. The predicted octanol–water partition coefficient (Wildman–Crippen LogP) is 3.49. The van der Waals surface area contributed by atoms with Crippen molar-refractivity contribution in [2.45, 2.75) is 26.8 Å². The lowest BCUT2D eigenvalue weighted by Crippen LogP contribution is -2.41.